The molecule has 0 aromatic carbocycles. The average Bonchev–Trinajstić information content (AvgIpc) is 2.87. The number of hydrogen-bond acceptors (Lipinski definition) is 5. The van der Waals surface area contributed by atoms with Crippen molar-refractivity contribution in [3.05, 3.63) is 0 Å². The van der Waals surface area contributed by atoms with Crippen molar-refractivity contribution in [2.75, 3.05) is 30.9 Å². The van der Waals surface area contributed by atoms with Gasteiger partial charge in [-0.25, -0.2) is 8.42 Å². The zero-order valence-corrected chi connectivity index (χ0v) is 12.9. The van der Waals surface area contributed by atoms with Crippen LogP contribution in [0, 0.1) is 5.41 Å². The summed E-state index contributed by atoms with van der Waals surface area (Å²) in [5.74, 6) is 1.24. The molecule has 0 aromatic heterocycles. The number of sulfone groups is 1. The number of rotatable bonds is 3. The van der Waals surface area contributed by atoms with Gasteiger partial charge in [0.2, 0.25) is 5.91 Å². The molecule has 5 nitrogen and oxygen atoms in total. The van der Waals surface area contributed by atoms with Gasteiger partial charge in [-0.05, 0) is 12.8 Å². The monoisotopic (exact) mass is 306 g/mol. The minimum atomic E-state index is -3.24. The molecule has 1 aliphatic heterocycles. The van der Waals surface area contributed by atoms with Crippen molar-refractivity contribution < 1.29 is 13.2 Å². The summed E-state index contributed by atoms with van der Waals surface area (Å²) < 4.78 is 23.7. The molecular formula is C12H22N2O3S2. The summed E-state index contributed by atoms with van der Waals surface area (Å²) in [6, 6.07) is 0. The standard InChI is InChI=1S/C12H22N2O3S2/c1-19(16,17)10-8-18-7-6-14(10)11(15)12(9-13)4-2-3-5-12/h10H,2-9,13H2,1H3. The molecule has 7 heteroatoms. The fourth-order valence-corrected chi connectivity index (χ4v) is 5.84. The molecule has 0 aromatic rings. The van der Waals surface area contributed by atoms with E-state index in [4.69, 9.17) is 5.73 Å². The first-order chi connectivity index (χ1) is 8.91. The summed E-state index contributed by atoms with van der Waals surface area (Å²) in [5, 5.41) is -0.678. The maximum absolute atomic E-state index is 12.8. The maximum atomic E-state index is 12.8. The Balaban J connectivity index is 2.25. The molecule has 1 amide bonds. The molecule has 1 unspecified atom stereocenters. The van der Waals surface area contributed by atoms with Crippen molar-refractivity contribution in [2.45, 2.75) is 31.1 Å². The molecule has 19 heavy (non-hydrogen) atoms. The first-order valence-electron chi connectivity index (χ1n) is 6.68. The van der Waals surface area contributed by atoms with Crippen molar-refractivity contribution in [1.29, 1.82) is 0 Å². The molecule has 0 spiro atoms. The number of hydrogen-bond donors (Lipinski definition) is 1. The lowest BCUT2D eigenvalue weighted by atomic mass is 9.84. The van der Waals surface area contributed by atoms with Gasteiger partial charge in [0, 0.05) is 30.9 Å². The summed E-state index contributed by atoms with van der Waals surface area (Å²) in [7, 11) is -3.24. The number of carbonyl (C=O) groups excluding carboxylic acids is 1. The predicted molar refractivity (Wildman–Crippen MR) is 77.6 cm³/mol. The van der Waals surface area contributed by atoms with Crippen LogP contribution in [0.5, 0.6) is 0 Å². The summed E-state index contributed by atoms with van der Waals surface area (Å²) >= 11 is 1.60. The van der Waals surface area contributed by atoms with Gasteiger partial charge in [0.1, 0.15) is 5.37 Å². The van der Waals surface area contributed by atoms with Crippen LogP contribution in [-0.2, 0) is 14.6 Å². The van der Waals surface area contributed by atoms with Gasteiger partial charge in [-0.2, -0.15) is 11.8 Å². The van der Waals surface area contributed by atoms with Crippen LogP contribution >= 0.6 is 11.8 Å². The predicted octanol–water partition coefficient (Wildman–Crippen LogP) is 0.452. The largest absolute Gasteiger partial charge is 0.329 e. The van der Waals surface area contributed by atoms with E-state index in [0.717, 1.165) is 31.4 Å². The van der Waals surface area contributed by atoms with Crippen LogP contribution in [0.4, 0.5) is 0 Å². The highest BCUT2D eigenvalue weighted by Gasteiger charge is 2.46. The second-order valence-corrected chi connectivity index (χ2v) is 8.90. The van der Waals surface area contributed by atoms with Crippen LogP contribution in [-0.4, -0.2) is 55.4 Å². The molecule has 110 valence electrons. The summed E-state index contributed by atoms with van der Waals surface area (Å²) in [6.07, 6.45) is 4.82. The second-order valence-electron chi connectivity index (χ2n) is 5.55. The van der Waals surface area contributed by atoms with E-state index < -0.39 is 20.6 Å². The number of nitrogens with two attached hydrogens (primary N) is 1. The molecular weight excluding hydrogens is 284 g/mol. The van der Waals surface area contributed by atoms with Crippen LogP contribution in [0.15, 0.2) is 0 Å². The van der Waals surface area contributed by atoms with Crippen molar-refractivity contribution in [3.63, 3.8) is 0 Å². The molecule has 0 radical (unpaired) electrons. The topological polar surface area (TPSA) is 80.5 Å². The van der Waals surface area contributed by atoms with Gasteiger partial charge < -0.3 is 10.6 Å². The maximum Gasteiger partial charge on any atom is 0.231 e. The minimum Gasteiger partial charge on any atom is -0.329 e. The molecule has 2 rings (SSSR count). The van der Waals surface area contributed by atoms with E-state index in [-0.39, 0.29) is 5.91 Å². The smallest absolute Gasteiger partial charge is 0.231 e. The molecule has 0 bridgehead atoms. The lowest BCUT2D eigenvalue weighted by molar-refractivity contribution is -0.141. The molecule has 2 aliphatic rings. The van der Waals surface area contributed by atoms with E-state index in [0.29, 0.717) is 18.8 Å². The normalized spacial score (nSPS) is 27.5. The highest BCUT2D eigenvalue weighted by atomic mass is 32.2. The van der Waals surface area contributed by atoms with Gasteiger partial charge in [-0.15, -0.1) is 0 Å². The van der Waals surface area contributed by atoms with Gasteiger partial charge in [0.05, 0.1) is 5.41 Å². The first kappa shape index (κ1) is 15.1. The molecule has 1 heterocycles. The molecule has 2 N–H and O–H groups in total. The third-order valence-electron chi connectivity index (χ3n) is 4.24. The van der Waals surface area contributed by atoms with Crippen molar-refractivity contribution in [1.82, 2.24) is 4.90 Å². The third kappa shape index (κ3) is 2.92. The van der Waals surface area contributed by atoms with Gasteiger partial charge in [0.25, 0.3) is 0 Å². The highest BCUT2D eigenvalue weighted by molar-refractivity contribution is 8.00. The summed E-state index contributed by atoms with van der Waals surface area (Å²) in [6.45, 7) is 0.842. The minimum absolute atomic E-state index is 0.0387. The Morgan fingerprint density at radius 2 is 2.05 bits per heavy atom. The molecule has 1 atom stereocenters. The highest BCUT2D eigenvalue weighted by Crippen LogP contribution is 2.40. The summed E-state index contributed by atoms with van der Waals surface area (Å²) in [4.78, 5) is 14.4. The molecule has 1 aliphatic carbocycles. The van der Waals surface area contributed by atoms with Crippen LogP contribution in [0.2, 0.25) is 0 Å². The zero-order chi connectivity index (χ0) is 14.1. The Kier molecular flexibility index (Phi) is 4.47. The number of thioether (sulfide) groups is 1. The van der Waals surface area contributed by atoms with E-state index in [1.807, 2.05) is 0 Å². The van der Waals surface area contributed by atoms with Crippen molar-refractivity contribution in [2.24, 2.45) is 11.1 Å². The third-order valence-corrected chi connectivity index (χ3v) is 6.89. The molecule has 2 fully saturated rings. The second kappa shape index (κ2) is 5.61. The van der Waals surface area contributed by atoms with Gasteiger partial charge in [-0.1, -0.05) is 12.8 Å². The van der Waals surface area contributed by atoms with Crippen molar-refractivity contribution in [3.8, 4) is 0 Å². The first-order valence-corrected chi connectivity index (χ1v) is 9.79. The Bertz CT molecular complexity index is 444. The Labute approximate surface area is 119 Å². The number of amides is 1. The van der Waals surface area contributed by atoms with Gasteiger partial charge in [-0.3, -0.25) is 4.79 Å². The fraction of sp³-hybridized carbons (Fsp3) is 0.917. The zero-order valence-electron chi connectivity index (χ0n) is 11.3. The van der Waals surface area contributed by atoms with E-state index in [1.165, 1.54) is 6.26 Å². The van der Waals surface area contributed by atoms with E-state index >= 15 is 0 Å². The van der Waals surface area contributed by atoms with Gasteiger partial charge in [0.15, 0.2) is 9.84 Å². The van der Waals surface area contributed by atoms with Gasteiger partial charge >= 0.3 is 0 Å². The van der Waals surface area contributed by atoms with E-state index in [1.54, 1.807) is 16.7 Å². The SMILES string of the molecule is CS(=O)(=O)C1CSCCN1C(=O)C1(CN)CCCC1. The molecule has 1 saturated carbocycles. The quantitative estimate of drug-likeness (QED) is 0.819. The Morgan fingerprint density at radius 3 is 2.58 bits per heavy atom. The van der Waals surface area contributed by atoms with Crippen LogP contribution < -0.4 is 5.73 Å². The Morgan fingerprint density at radius 1 is 1.42 bits per heavy atom. The molecule has 1 saturated heterocycles. The van der Waals surface area contributed by atoms with E-state index in [2.05, 4.69) is 0 Å². The van der Waals surface area contributed by atoms with Crippen LogP contribution in [0.3, 0.4) is 0 Å². The Hall–Kier alpha value is -0.270. The summed E-state index contributed by atoms with van der Waals surface area (Å²) in [5.41, 5.74) is 5.32. The van der Waals surface area contributed by atoms with Crippen LogP contribution in [0.25, 0.3) is 0 Å². The fourth-order valence-electron chi connectivity index (χ4n) is 3.03. The number of nitrogens with zero attached hydrogens (tertiary/aromatic N) is 1. The lowest BCUT2D eigenvalue weighted by Crippen LogP contribution is -2.56. The van der Waals surface area contributed by atoms with E-state index in [9.17, 15) is 13.2 Å². The van der Waals surface area contributed by atoms with Crippen LogP contribution in [0.1, 0.15) is 25.7 Å². The number of carbonyl (C=O) groups is 1. The van der Waals surface area contributed by atoms with Crippen molar-refractivity contribution >= 4 is 27.5 Å². The average molecular weight is 306 g/mol. The lowest BCUT2D eigenvalue weighted by Gasteiger charge is -2.39.